The van der Waals surface area contributed by atoms with Gasteiger partial charge >= 0.3 is 0 Å². The number of benzene rings is 1. The number of hydrogen-bond acceptors (Lipinski definition) is 5. The fraction of sp³-hybridized carbons (Fsp3) is 0.167. The van der Waals surface area contributed by atoms with Gasteiger partial charge in [-0.05, 0) is 29.8 Å². The molecule has 0 spiro atoms. The molecule has 5 nitrogen and oxygen atoms in total. The van der Waals surface area contributed by atoms with Crippen molar-refractivity contribution in [1.29, 1.82) is 0 Å². The Bertz CT molecular complexity index is 579. The van der Waals surface area contributed by atoms with Crippen molar-refractivity contribution in [3.05, 3.63) is 30.0 Å². The number of rotatable bonds is 4. The van der Waals surface area contributed by atoms with Crippen molar-refractivity contribution in [3.8, 4) is 22.8 Å². The van der Waals surface area contributed by atoms with Crippen LogP contribution in [0, 0.1) is 0 Å². The van der Waals surface area contributed by atoms with Crippen molar-refractivity contribution in [2.75, 3.05) is 14.2 Å². The van der Waals surface area contributed by atoms with Gasteiger partial charge in [-0.15, -0.1) is 0 Å². The lowest BCUT2D eigenvalue weighted by atomic mass is 10.1. The van der Waals surface area contributed by atoms with E-state index in [2.05, 4.69) is 5.16 Å². The normalized spacial score (nSPS) is 10.2. The van der Waals surface area contributed by atoms with E-state index in [1.807, 2.05) is 0 Å². The summed E-state index contributed by atoms with van der Waals surface area (Å²) in [4.78, 5) is 10.9. The molecule has 1 aromatic carbocycles. The molecule has 0 bridgehead atoms. The zero-order valence-corrected chi connectivity index (χ0v) is 10.5. The van der Waals surface area contributed by atoms with Crippen LogP contribution >= 0.6 is 11.6 Å². The summed E-state index contributed by atoms with van der Waals surface area (Å²) in [7, 11) is 3.09. The van der Waals surface area contributed by atoms with Gasteiger partial charge in [0.2, 0.25) is 0 Å². The summed E-state index contributed by atoms with van der Waals surface area (Å²) in [5.41, 5.74) is 0.783. The Morgan fingerprint density at radius 1 is 1.22 bits per heavy atom. The Morgan fingerprint density at radius 2 is 1.94 bits per heavy atom. The molecule has 0 fully saturated rings. The third kappa shape index (κ3) is 2.31. The number of ether oxygens (including phenoxy) is 2. The van der Waals surface area contributed by atoms with Gasteiger partial charge in [0.05, 0.1) is 14.2 Å². The van der Waals surface area contributed by atoms with Gasteiger partial charge in [0.15, 0.2) is 23.0 Å². The average molecular weight is 268 g/mol. The molecule has 94 valence electrons. The maximum absolute atomic E-state index is 10.9. The molecule has 0 radical (unpaired) electrons. The van der Waals surface area contributed by atoms with Gasteiger partial charge in [-0.2, -0.15) is 0 Å². The molecule has 18 heavy (non-hydrogen) atoms. The van der Waals surface area contributed by atoms with Crippen LogP contribution < -0.4 is 9.47 Å². The number of carbonyl (C=O) groups excluding carboxylic acids is 1. The first-order valence-corrected chi connectivity index (χ1v) is 5.42. The lowest BCUT2D eigenvalue weighted by Crippen LogP contribution is -1.90. The highest BCUT2D eigenvalue weighted by Crippen LogP contribution is 2.32. The largest absolute Gasteiger partial charge is 0.493 e. The molecule has 0 atom stereocenters. The van der Waals surface area contributed by atoms with Gasteiger partial charge in [0.1, 0.15) is 0 Å². The van der Waals surface area contributed by atoms with Gasteiger partial charge < -0.3 is 14.0 Å². The summed E-state index contributed by atoms with van der Waals surface area (Å²) in [6.45, 7) is 0. The predicted octanol–water partition coefficient (Wildman–Crippen LogP) is 2.74. The van der Waals surface area contributed by atoms with E-state index >= 15 is 0 Å². The van der Waals surface area contributed by atoms with E-state index in [0.717, 1.165) is 0 Å². The summed E-state index contributed by atoms with van der Waals surface area (Å²) < 4.78 is 15.3. The Hall–Kier alpha value is -2.01. The van der Waals surface area contributed by atoms with E-state index in [1.54, 1.807) is 25.3 Å². The molecule has 0 saturated heterocycles. The maximum atomic E-state index is 10.9. The van der Waals surface area contributed by atoms with Gasteiger partial charge in [-0.25, -0.2) is 0 Å². The van der Waals surface area contributed by atoms with E-state index in [4.69, 9.17) is 25.6 Å². The van der Waals surface area contributed by atoms with Crippen molar-refractivity contribution in [3.63, 3.8) is 0 Å². The maximum Gasteiger partial charge on any atom is 0.274 e. The second kappa shape index (κ2) is 5.10. The van der Waals surface area contributed by atoms with Crippen LogP contribution in [-0.4, -0.2) is 24.6 Å². The molecule has 2 aromatic rings. The van der Waals surface area contributed by atoms with Crippen LogP contribution in [0.5, 0.6) is 11.5 Å². The van der Waals surface area contributed by atoms with Crippen LogP contribution in [0.15, 0.2) is 28.8 Å². The second-order valence-electron chi connectivity index (χ2n) is 3.42. The van der Waals surface area contributed by atoms with Crippen LogP contribution in [0.3, 0.4) is 0 Å². The number of nitrogens with zero attached hydrogens (tertiary/aromatic N) is 1. The topological polar surface area (TPSA) is 61.6 Å². The van der Waals surface area contributed by atoms with Crippen LogP contribution in [0.25, 0.3) is 11.3 Å². The Labute approximate surface area is 108 Å². The van der Waals surface area contributed by atoms with Gasteiger partial charge in [-0.1, -0.05) is 5.16 Å². The summed E-state index contributed by atoms with van der Waals surface area (Å²) in [5, 5.41) is 2.90. The molecule has 0 aliphatic rings. The van der Waals surface area contributed by atoms with Crippen molar-refractivity contribution < 1.29 is 18.8 Å². The first-order valence-electron chi connectivity index (χ1n) is 5.04. The number of methoxy groups -OCH3 is 2. The molecule has 0 N–H and O–H groups in total. The zero-order valence-electron chi connectivity index (χ0n) is 9.77. The van der Waals surface area contributed by atoms with Crippen LogP contribution in [0.4, 0.5) is 0 Å². The molecule has 6 heteroatoms. The number of hydrogen-bond donors (Lipinski definition) is 0. The first kappa shape index (κ1) is 12.4. The minimum Gasteiger partial charge on any atom is -0.493 e. The van der Waals surface area contributed by atoms with Crippen LogP contribution in [0.1, 0.15) is 10.5 Å². The smallest absolute Gasteiger partial charge is 0.274 e. The fourth-order valence-corrected chi connectivity index (χ4v) is 1.58. The summed E-state index contributed by atoms with van der Waals surface area (Å²) in [6, 6.07) is 6.70. The highest BCUT2D eigenvalue weighted by Gasteiger charge is 2.13. The molecule has 1 aromatic heterocycles. The van der Waals surface area contributed by atoms with Crippen LogP contribution in [-0.2, 0) is 0 Å². The predicted molar refractivity (Wildman–Crippen MR) is 65.2 cm³/mol. The minimum absolute atomic E-state index is 0.0708. The van der Waals surface area contributed by atoms with Crippen molar-refractivity contribution in [2.45, 2.75) is 0 Å². The molecule has 1 heterocycles. The summed E-state index contributed by atoms with van der Waals surface area (Å²) in [5.74, 6) is 1.60. The van der Waals surface area contributed by atoms with Crippen molar-refractivity contribution in [2.24, 2.45) is 0 Å². The number of halogens is 1. The van der Waals surface area contributed by atoms with Gasteiger partial charge in [-0.3, -0.25) is 4.79 Å². The van der Waals surface area contributed by atoms with Gasteiger partial charge in [0.25, 0.3) is 5.24 Å². The second-order valence-corrected chi connectivity index (χ2v) is 3.76. The zero-order chi connectivity index (χ0) is 13.1. The third-order valence-corrected chi connectivity index (χ3v) is 2.57. The molecular formula is C12H10ClNO4. The summed E-state index contributed by atoms with van der Waals surface area (Å²) >= 11 is 5.30. The SMILES string of the molecule is COc1ccc(-c2cc(C(=O)Cl)no2)cc1OC. The first-order chi connectivity index (χ1) is 8.65. The van der Waals surface area contributed by atoms with Gasteiger partial charge in [0, 0.05) is 11.6 Å². The molecule has 0 aliphatic carbocycles. The highest BCUT2D eigenvalue weighted by atomic mass is 35.5. The lowest BCUT2D eigenvalue weighted by molar-refractivity contribution is 0.107. The Kier molecular flexibility index (Phi) is 3.53. The lowest BCUT2D eigenvalue weighted by Gasteiger charge is -2.07. The molecule has 2 rings (SSSR count). The molecule has 0 aliphatic heterocycles. The van der Waals surface area contributed by atoms with E-state index < -0.39 is 5.24 Å². The third-order valence-electron chi connectivity index (χ3n) is 2.38. The molecular weight excluding hydrogens is 258 g/mol. The van der Waals surface area contributed by atoms with E-state index in [1.165, 1.54) is 13.2 Å². The molecule has 0 saturated carbocycles. The standard InChI is InChI=1S/C12H10ClNO4/c1-16-9-4-3-7(5-11(9)17-2)10-6-8(12(13)15)14-18-10/h3-6H,1-2H3. The Morgan fingerprint density at radius 3 is 2.50 bits per heavy atom. The number of aromatic nitrogens is 1. The van der Waals surface area contributed by atoms with Crippen molar-refractivity contribution in [1.82, 2.24) is 5.16 Å². The Balaban J connectivity index is 2.41. The highest BCUT2D eigenvalue weighted by molar-refractivity contribution is 6.67. The fourth-order valence-electron chi connectivity index (χ4n) is 1.49. The monoisotopic (exact) mass is 267 g/mol. The van der Waals surface area contributed by atoms with Crippen LogP contribution in [0.2, 0.25) is 0 Å². The number of carbonyl (C=O) groups is 1. The summed E-state index contributed by atoms with van der Waals surface area (Å²) in [6.07, 6.45) is 0. The quantitative estimate of drug-likeness (QED) is 0.797. The van der Waals surface area contributed by atoms with E-state index in [-0.39, 0.29) is 5.69 Å². The minimum atomic E-state index is -0.662. The molecule has 0 unspecified atom stereocenters. The van der Waals surface area contributed by atoms with E-state index in [9.17, 15) is 4.79 Å². The van der Waals surface area contributed by atoms with E-state index in [0.29, 0.717) is 22.8 Å². The molecule has 0 amide bonds. The average Bonchev–Trinajstić information content (AvgIpc) is 2.87. The van der Waals surface area contributed by atoms with Crippen molar-refractivity contribution >= 4 is 16.8 Å².